The third-order valence-corrected chi connectivity index (χ3v) is 5.51. The molecule has 2 N–H and O–H groups in total. The van der Waals surface area contributed by atoms with Crippen LogP contribution >= 0.6 is 0 Å². The van der Waals surface area contributed by atoms with Crippen molar-refractivity contribution < 1.29 is 4.74 Å². The highest BCUT2D eigenvalue weighted by Crippen LogP contribution is 2.28. The molecule has 0 aliphatic carbocycles. The van der Waals surface area contributed by atoms with E-state index in [-0.39, 0.29) is 6.04 Å². The lowest BCUT2D eigenvalue weighted by molar-refractivity contribution is 0.122. The maximum Gasteiger partial charge on any atom is 0.231 e. The van der Waals surface area contributed by atoms with Crippen molar-refractivity contribution in [1.82, 2.24) is 19.5 Å². The van der Waals surface area contributed by atoms with E-state index in [9.17, 15) is 0 Å². The zero-order valence-electron chi connectivity index (χ0n) is 18.3. The third-order valence-electron chi connectivity index (χ3n) is 5.51. The number of fused-ring (bicyclic) bond motifs is 1. The van der Waals surface area contributed by atoms with Crippen LogP contribution in [-0.2, 0) is 4.74 Å². The lowest BCUT2D eigenvalue weighted by atomic mass is 10.2. The second kappa shape index (κ2) is 8.84. The minimum atomic E-state index is 0.236. The van der Waals surface area contributed by atoms with E-state index in [1.807, 2.05) is 36.7 Å². The number of hydrogen-bond acceptors (Lipinski definition) is 7. The number of morpholine rings is 1. The van der Waals surface area contributed by atoms with E-state index in [0.29, 0.717) is 11.8 Å². The largest absolute Gasteiger partial charge is 0.378 e. The number of nitrogens with zero attached hydrogens (tertiary/aromatic N) is 5. The first-order valence-electron chi connectivity index (χ1n) is 10.9. The van der Waals surface area contributed by atoms with E-state index >= 15 is 0 Å². The van der Waals surface area contributed by atoms with E-state index in [0.717, 1.165) is 48.8 Å². The van der Waals surface area contributed by atoms with E-state index in [2.05, 4.69) is 63.2 Å². The topological polar surface area (TPSA) is 80.1 Å². The fourth-order valence-corrected chi connectivity index (χ4v) is 3.80. The number of anilines is 5. The molecule has 1 saturated heterocycles. The summed E-state index contributed by atoms with van der Waals surface area (Å²) in [4.78, 5) is 16.4. The zero-order valence-corrected chi connectivity index (χ0v) is 18.3. The quantitative estimate of drug-likeness (QED) is 0.459. The minimum absolute atomic E-state index is 0.236. The molecule has 8 nitrogen and oxygen atoms in total. The Morgan fingerprint density at radius 2 is 1.59 bits per heavy atom. The van der Waals surface area contributed by atoms with Crippen LogP contribution in [0.5, 0.6) is 0 Å². The van der Waals surface area contributed by atoms with Gasteiger partial charge in [0.15, 0.2) is 17.0 Å². The molecule has 164 valence electrons. The van der Waals surface area contributed by atoms with E-state index < -0.39 is 0 Å². The Morgan fingerprint density at radius 3 is 2.31 bits per heavy atom. The second-order valence-electron chi connectivity index (χ2n) is 8.08. The van der Waals surface area contributed by atoms with E-state index in [1.54, 1.807) is 0 Å². The second-order valence-corrected chi connectivity index (χ2v) is 8.08. The standard InChI is InChI=1S/C24H27N7O/c1-17(2)31-16-25-21-22(28-24(29-23(21)31)27-18-6-4-3-5-7-18)26-19-8-10-20(11-9-19)30-12-14-32-15-13-30/h3-11,16-17H,12-15H2,1-2H3,(H2,26,27,28,29). The van der Waals surface area contributed by atoms with Gasteiger partial charge in [0.05, 0.1) is 19.5 Å². The third kappa shape index (κ3) is 4.22. The van der Waals surface area contributed by atoms with Gasteiger partial charge < -0.3 is 24.8 Å². The number of para-hydroxylation sites is 1. The molecule has 0 unspecified atom stereocenters. The number of benzene rings is 2. The van der Waals surface area contributed by atoms with Gasteiger partial charge in [-0.2, -0.15) is 9.97 Å². The first-order chi connectivity index (χ1) is 15.7. The van der Waals surface area contributed by atoms with Crippen molar-refractivity contribution in [2.45, 2.75) is 19.9 Å². The van der Waals surface area contributed by atoms with Crippen molar-refractivity contribution in [3.63, 3.8) is 0 Å². The number of hydrogen-bond donors (Lipinski definition) is 2. The van der Waals surface area contributed by atoms with Crippen LogP contribution in [0.3, 0.4) is 0 Å². The van der Waals surface area contributed by atoms with Crippen LogP contribution in [-0.4, -0.2) is 45.8 Å². The number of imidazole rings is 1. The molecule has 0 amide bonds. The summed E-state index contributed by atoms with van der Waals surface area (Å²) in [5.41, 5.74) is 4.62. The average Bonchev–Trinajstić information content (AvgIpc) is 3.25. The van der Waals surface area contributed by atoms with Crippen molar-refractivity contribution >= 4 is 40.0 Å². The highest BCUT2D eigenvalue weighted by atomic mass is 16.5. The molecule has 1 aliphatic rings. The van der Waals surface area contributed by atoms with Crippen LogP contribution in [0.25, 0.3) is 11.2 Å². The van der Waals surface area contributed by atoms with Gasteiger partial charge in [0.2, 0.25) is 5.95 Å². The van der Waals surface area contributed by atoms with Gasteiger partial charge in [-0.1, -0.05) is 18.2 Å². The van der Waals surface area contributed by atoms with Gasteiger partial charge in [-0.25, -0.2) is 4.98 Å². The van der Waals surface area contributed by atoms with Crippen LogP contribution in [0.1, 0.15) is 19.9 Å². The van der Waals surface area contributed by atoms with Crippen LogP contribution < -0.4 is 15.5 Å². The number of nitrogens with one attached hydrogen (secondary N) is 2. The Hall–Kier alpha value is -3.65. The van der Waals surface area contributed by atoms with Crippen molar-refractivity contribution in [1.29, 1.82) is 0 Å². The Balaban J connectivity index is 1.46. The van der Waals surface area contributed by atoms with Gasteiger partial charge in [-0.3, -0.25) is 0 Å². The molecular weight excluding hydrogens is 402 g/mol. The molecular formula is C24H27N7O. The van der Waals surface area contributed by atoms with E-state index in [4.69, 9.17) is 14.7 Å². The molecule has 0 saturated carbocycles. The smallest absolute Gasteiger partial charge is 0.231 e. The first-order valence-corrected chi connectivity index (χ1v) is 10.9. The minimum Gasteiger partial charge on any atom is -0.378 e. The fraction of sp³-hybridized carbons (Fsp3) is 0.292. The van der Waals surface area contributed by atoms with Crippen LogP contribution in [0.15, 0.2) is 60.9 Å². The normalized spacial score (nSPS) is 14.2. The lowest BCUT2D eigenvalue weighted by Crippen LogP contribution is -2.36. The lowest BCUT2D eigenvalue weighted by Gasteiger charge is -2.28. The number of aromatic nitrogens is 4. The summed E-state index contributed by atoms with van der Waals surface area (Å²) in [6.45, 7) is 7.61. The molecule has 0 bridgehead atoms. The van der Waals surface area contributed by atoms with Crippen molar-refractivity contribution in [2.75, 3.05) is 41.8 Å². The maximum atomic E-state index is 5.45. The van der Waals surface area contributed by atoms with Crippen LogP contribution in [0.2, 0.25) is 0 Å². The van der Waals surface area contributed by atoms with E-state index in [1.165, 1.54) is 5.69 Å². The summed E-state index contributed by atoms with van der Waals surface area (Å²) >= 11 is 0. The molecule has 2 aromatic carbocycles. The molecule has 4 aromatic rings. The van der Waals surface area contributed by atoms with Crippen LogP contribution in [0.4, 0.5) is 28.8 Å². The molecule has 2 aromatic heterocycles. The van der Waals surface area contributed by atoms with Crippen molar-refractivity contribution in [3.8, 4) is 0 Å². The highest BCUT2D eigenvalue weighted by molar-refractivity contribution is 5.87. The molecule has 8 heteroatoms. The van der Waals surface area contributed by atoms with Crippen molar-refractivity contribution in [2.24, 2.45) is 0 Å². The van der Waals surface area contributed by atoms with Gasteiger partial charge in [-0.15, -0.1) is 0 Å². The summed E-state index contributed by atoms with van der Waals surface area (Å²) in [5, 5.41) is 6.75. The summed E-state index contributed by atoms with van der Waals surface area (Å²) in [7, 11) is 0. The molecule has 3 heterocycles. The summed E-state index contributed by atoms with van der Waals surface area (Å²) in [6, 6.07) is 18.6. The molecule has 0 spiro atoms. The summed E-state index contributed by atoms with van der Waals surface area (Å²) in [5.74, 6) is 1.20. The van der Waals surface area contributed by atoms with Gasteiger partial charge >= 0.3 is 0 Å². The molecule has 5 rings (SSSR count). The summed E-state index contributed by atoms with van der Waals surface area (Å²) < 4.78 is 7.51. The molecule has 32 heavy (non-hydrogen) atoms. The Labute approximate surface area is 187 Å². The van der Waals surface area contributed by atoms with Gasteiger partial charge in [-0.05, 0) is 50.2 Å². The predicted molar refractivity (Wildman–Crippen MR) is 128 cm³/mol. The van der Waals surface area contributed by atoms with Gasteiger partial charge in [0, 0.05) is 36.2 Å². The molecule has 1 fully saturated rings. The Morgan fingerprint density at radius 1 is 0.875 bits per heavy atom. The molecule has 1 aliphatic heterocycles. The Kier molecular flexibility index (Phi) is 5.60. The molecule has 0 atom stereocenters. The van der Waals surface area contributed by atoms with Gasteiger partial charge in [0.25, 0.3) is 0 Å². The maximum absolute atomic E-state index is 5.45. The monoisotopic (exact) mass is 429 g/mol. The Bertz CT molecular complexity index is 1180. The summed E-state index contributed by atoms with van der Waals surface area (Å²) in [6.07, 6.45) is 1.82. The van der Waals surface area contributed by atoms with Crippen LogP contribution in [0, 0.1) is 0 Å². The number of rotatable bonds is 6. The predicted octanol–water partition coefficient (Wildman–Crippen LogP) is 4.73. The zero-order chi connectivity index (χ0) is 21.9. The van der Waals surface area contributed by atoms with Gasteiger partial charge in [0.1, 0.15) is 0 Å². The molecule has 0 radical (unpaired) electrons. The van der Waals surface area contributed by atoms with Crippen molar-refractivity contribution in [3.05, 3.63) is 60.9 Å². The highest BCUT2D eigenvalue weighted by Gasteiger charge is 2.16. The number of ether oxygens (including phenoxy) is 1. The SMILES string of the molecule is CC(C)n1cnc2c(Nc3ccc(N4CCOCC4)cc3)nc(Nc3ccccc3)nc21. The average molecular weight is 430 g/mol. The first kappa shape index (κ1) is 20.3. The fourth-order valence-electron chi connectivity index (χ4n) is 3.80.